The van der Waals surface area contributed by atoms with Gasteiger partial charge in [-0.15, -0.1) is 0 Å². The molecule has 1 amide bonds. The molecule has 0 aromatic heterocycles. The van der Waals surface area contributed by atoms with Crippen molar-refractivity contribution in [2.75, 3.05) is 12.4 Å². The van der Waals surface area contributed by atoms with Crippen LogP contribution in [0.1, 0.15) is 13.8 Å². The van der Waals surface area contributed by atoms with Gasteiger partial charge in [-0.3, -0.25) is 4.79 Å². The first-order chi connectivity index (χ1) is 8.20. The van der Waals surface area contributed by atoms with E-state index in [1.54, 1.807) is 25.2 Å². The van der Waals surface area contributed by atoms with E-state index in [4.69, 9.17) is 5.73 Å². The average Bonchev–Trinajstić information content (AvgIpc) is 2.27. The SMILES string of the molecule is CNc1ccccc1S(=O)(=O)NC(C)(C)C(N)=O. The minimum absolute atomic E-state index is 0.0711. The lowest BCUT2D eigenvalue weighted by molar-refractivity contribution is -0.122. The fourth-order valence-electron chi connectivity index (χ4n) is 1.35. The molecule has 18 heavy (non-hydrogen) atoms. The molecular formula is C11H17N3O3S. The number of para-hydroxylation sites is 1. The molecule has 1 aromatic carbocycles. The molecule has 0 aliphatic heterocycles. The van der Waals surface area contributed by atoms with Gasteiger partial charge in [-0.2, -0.15) is 4.72 Å². The standard InChI is InChI=1S/C11H17N3O3S/c1-11(2,10(12)15)14-18(16,17)9-7-5-4-6-8(9)13-3/h4-7,13-14H,1-3H3,(H2,12,15). The Hall–Kier alpha value is -1.60. The third-order valence-electron chi connectivity index (χ3n) is 2.45. The highest BCUT2D eigenvalue weighted by atomic mass is 32.2. The van der Waals surface area contributed by atoms with Crippen molar-refractivity contribution < 1.29 is 13.2 Å². The molecule has 0 unspecified atom stereocenters. The Kier molecular flexibility index (Phi) is 3.98. The zero-order valence-corrected chi connectivity index (χ0v) is 11.3. The molecular weight excluding hydrogens is 254 g/mol. The van der Waals surface area contributed by atoms with Crippen LogP contribution in [-0.2, 0) is 14.8 Å². The average molecular weight is 271 g/mol. The molecule has 0 radical (unpaired) electrons. The molecule has 1 rings (SSSR count). The summed E-state index contributed by atoms with van der Waals surface area (Å²) < 4.78 is 26.6. The largest absolute Gasteiger partial charge is 0.387 e. The number of sulfonamides is 1. The summed E-state index contributed by atoms with van der Waals surface area (Å²) in [4.78, 5) is 11.2. The molecule has 0 spiro atoms. The summed E-state index contributed by atoms with van der Waals surface area (Å²) in [5.74, 6) is -0.743. The number of benzene rings is 1. The van der Waals surface area contributed by atoms with Crippen LogP contribution in [0.5, 0.6) is 0 Å². The number of amides is 1. The van der Waals surface area contributed by atoms with Crippen LogP contribution in [-0.4, -0.2) is 26.9 Å². The second-order valence-electron chi connectivity index (χ2n) is 4.34. The van der Waals surface area contributed by atoms with Crippen molar-refractivity contribution in [3.05, 3.63) is 24.3 Å². The molecule has 6 nitrogen and oxygen atoms in total. The van der Waals surface area contributed by atoms with Crippen molar-refractivity contribution >= 4 is 21.6 Å². The van der Waals surface area contributed by atoms with Gasteiger partial charge in [0.1, 0.15) is 10.4 Å². The molecule has 0 atom stereocenters. The first kappa shape index (κ1) is 14.5. The lowest BCUT2D eigenvalue weighted by atomic mass is 10.1. The molecule has 0 saturated carbocycles. The van der Waals surface area contributed by atoms with Gasteiger partial charge in [0.05, 0.1) is 5.69 Å². The van der Waals surface area contributed by atoms with Crippen molar-refractivity contribution in [3.8, 4) is 0 Å². The number of carbonyl (C=O) groups is 1. The summed E-state index contributed by atoms with van der Waals surface area (Å²) in [5, 5.41) is 2.78. The third kappa shape index (κ3) is 2.99. The maximum atomic E-state index is 12.2. The summed E-state index contributed by atoms with van der Waals surface area (Å²) in [6, 6.07) is 6.40. The number of rotatable bonds is 5. The Balaban J connectivity index is 3.19. The summed E-state index contributed by atoms with van der Waals surface area (Å²) in [6.07, 6.45) is 0. The van der Waals surface area contributed by atoms with Crippen LogP contribution in [0.2, 0.25) is 0 Å². The van der Waals surface area contributed by atoms with Gasteiger partial charge in [0.2, 0.25) is 15.9 Å². The van der Waals surface area contributed by atoms with E-state index in [0.29, 0.717) is 5.69 Å². The topological polar surface area (TPSA) is 101 Å². The second kappa shape index (κ2) is 4.95. The van der Waals surface area contributed by atoms with Crippen molar-refractivity contribution in [1.82, 2.24) is 4.72 Å². The number of carbonyl (C=O) groups excluding carboxylic acids is 1. The molecule has 1 aromatic rings. The third-order valence-corrected chi connectivity index (χ3v) is 4.17. The first-order valence-electron chi connectivity index (χ1n) is 5.31. The Labute approximate surface area is 107 Å². The van der Waals surface area contributed by atoms with E-state index in [-0.39, 0.29) is 4.90 Å². The van der Waals surface area contributed by atoms with Gasteiger partial charge in [0.15, 0.2) is 0 Å². The lowest BCUT2D eigenvalue weighted by Gasteiger charge is -2.22. The Morgan fingerprint density at radius 2 is 1.83 bits per heavy atom. The van der Waals surface area contributed by atoms with E-state index in [2.05, 4.69) is 10.0 Å². The van der Waals surface area contributed by atoms with Crippen molar-refractivity contribution in [2.24, 2.45) is 5.73 Å². The van der Waals surface area contributed by atoms with E-state index in [1.165, 1.54) is 19.9 Å². The number of nitrogens with two attached hydrogens (primary N) is 1. The zero-order valence-electron chi connectivity index (χ0n) is 10.5. The quantitative estimate of drug-likeness (QED) is 0.715. The van der Waals surface area contributed by atoms with E-state index < -0.39 is 21.5 Å². The number of anilines is 1. The first-order valence-corrected chi connectivity index (χ1v) is 6.79. The molecule has 0 fully saturated rings. The van der Waals surface area contributed by atoms with Crippen LogP contribution in [0, 0.1) is 0 Å². The highest BCUT2D eigenvalue weighted by Gasteiger charge is 2.32. The fraction of sp³-hybridized carbons (Fsp3) is 0.364. The van der Waals surface area contributed by atoms with E-state index in [0.717, 1.165) is 0 Å². The number of hydrogen-bond acceptors (Lipinski definition) is 4. The molecule has 0 aliphatic carbocycles. The predicted molar refractivity (Wildman–Crippen MR) is 69.6 cm³/mol. The summed E-state index contributed by atoms with van der Waals surface area (Å²) in [7, 11) is -2.20. The van der Waals surface area contributed by atoms with E-state index in [9.17, 15) is 13.2 Å². The van der Waals surface area contributed by atoms with Crippen LogP contribution in [0.4, 0.5) is 5.69 Å². The Morgan fingerprint density at radius 1 is 1.28 bits per heavy atom. The number of primary amides is 1. The lowest BCUT2D eigenvalue weighted by Crippen LogP contribution is -2.52. The van der Waals surface area contributed by atoms with Gasteiger partial charge in [-0.25, -0.2) is 8.42 Å². The molecule has 0 heterocycles. The van der Waals surface area contributed by atoms with Gasteiger partial charge in [0, 0.05) is 7.05 Å². The summed E-state index contributed by atoms with van der Waals surface area (Å²) >= 11 is 0. The van der Waals surface area contributed by atoms with Crippen LogP contribution < -0.4 is 15.8 Å². The van der Waals surface area contributed by atoms with Crippen molar-refractivity contribution in [1.29, 1.82) is 0 Å². The van der Waals surface area contributed by atoms with Crippen molar-refractivity contribution in [3.63, 3.8) is 0 Å². The van der Waals surface area contributed by atoms with Crippen LogP contribution in [0.25, 0.3) is 0 Å². The minimum Gasteiger partial charge on any atom is -0.387 e. The van der Waals surface area contributed by atoms with Crippen LogP contribution in [0.3, 0.4) is 0 Å². The van der Waals surface area contributed by atoms with Crippen molar-refractivity contribution in [2.45, 2.75) is 24.3 Å². The van der Waals surface area contributed by atoms with E-state index >= 15 is 0 Å². The van der Waals surface area contributed by atoms with Gasteiger partial charge in [-0.1, -0.05) is 12.1 Å². The van der Waals surface area contributed by atoms with Crippen LogP contribution in [0.15, 0.2) is 29.2 Å². The van der Waals surface area contributed by atoms with Gasteiger partial charge < -0.3 is 11.1 Å². The summed E-state index contributed by atoms with van der Waals surface area (Å²) in [6.45, 7) is 2.82. The highest BCUT2D eigenvalue weighted by molar-refractivity contribution is 7.89. The van der Waals surface area contributed by atoms with Gasteiger partial charge in [0.25, 0.3) is 0 Å². The molecule has 100 valence electrons. The molecule has 4 N–H and O–H groups in total. The monoisotopic (exact) mass is 271 g/mol. The maximum absolute atomic E-state index is 12.2. The van der Waals surface area contributed by atoms with Gasteiger partial charge in [-0.05, 0) is 26.0 Å². The molecule has 0 bridgehead atoms. The number of nitrogens with one attached hydrogen (secondary N) is 2. The Morgan fingerprint density at radius 3 is 2.33 bits per heavy atom. The second-order valence-corrected chi connectivity index (χ2v) is 5.99. The molecule has 7 heteroatoms. The predicted octanol–water partition coefficient (Wildman–Crippen LogP) is 0.270. The Bertz CT molecular complexity index is 552. The minimum atomic E-state index is -3.82. The molecule has 0 saturated heterocycles. The van der Waals surface area contributed by atoms with E-state index in [1.807, 2.05) is 0 Å². The van der Waals surface area contributed by atoms with Crippen LogP contribution >= 0.6 is 0 Å². The maximum Gasteiger partial charge on any atom is 0.243 e. The van der Waals surface area contributed by atoms with Gasteiger partial charge >= 0.3 is 0 Å². The fourth-order valence-corrected chi connectivity index (χ4v) is 2.95. The summed E-state index contributed by atoms with van der Waals surface area (Å²) in [5.41, 5.74) is 4.25. The molecule has 0 aliphatic rings. The number of hydrogen-bond donors (Lipinski definition) is 3. The normalized spacial score (nSPS) is 12.2. The highest BCUT2D eigenvalue weighted by Crippen LogP contribution is 2.21. The zero-order chi connectivity index (χ0) is 14.0. The smallest absolute Gasteiger partial charge is 0.243 e.